The van der Waals surface area contributed by atoms with Gasteiger partial charge in [-0.05, 0) is 44.2 Å². The number of hydrogen-bond donors (Lipinski definition) is 2. The first-order valence-corrected chi connectivity index (χ1v) is 10.9. The molecular formula is C25H35N3O2. The van der Waals surface area contributed by atoms with E-state index in [4.69, 9.17) is 14.5 Å². The van der Waals surface area contributed by atoms with Crippen LogP contribution in [-0.2, 0) is 0 Å². The third-order valence-electron chi connectivity index (χ3n) is 4.79. The first-order valence-electron chi connectivity index (χ1n) is 10.9. The number of fused-ring (bicyclic) bond motifs is 2. The van der Waals surface area contributed by atoms with Crippen molar-refractivity contribution in [3.63, 3.8) is 0 Å². The van der Waals surface area contributed by atoms with Crippen LogP contribution in [0.1, 0.15) is 41.5 Å². The van der Waals surface area contributed by atoms with Crippen LogP contribution in [0.4, 0.5) is 0 Å². The molecule has 30 heavy (non-hydrogen) atoms. The van der Waals surface area contributed by atoms with Gasteiger partial charge in [-0.1, -0.05) is 27.7 Å². The summed E-state index contributed by atoms with van der Waals surface area (Å²) in [6.07, 6.45) is 0. The zero-order chi connectivity index (χ0) is 21.7. The summed E-state index contributed by atoms with van der Waals surface area (Å²) < 4.78 is 11.9. The highest BCUT2D eigenvalue weighted by Gasteiger charge is 2.08. The third kappa shape index (κ3) is 6.31. The molecule has 5 nitrogen and oxygen atoms in total. The molecule has 1 aromatic heterocycles. The molecule has 2 atom stereocenters. The molecule has 0 aliphatic heterocycles. The second kappa shape index (κ2) is 10.1. The minimum atomic E-state index is 0.289. The van der Waals surface area contributed by atoms with Crippen molar-refractivity contribution in [2.45, 2.75) is 65.7 Å². The van der Waals surface area contributed by atoms with Crippen LogP contribution < -0.4 is 20.1 Å². The highest BCUT2D eigenvalue weighted by atomic mass is 16.5. The van der Waals surface area contributed by atoms with Crippen LogP contribution in [0.2, 0.25) is 0 Å². The van der Waals surface area contributed by atoms with Gasteiger partial charge in [0.2, 0.25) is 0 Å². The average Bonchev–Trinajstić information content (AvgIpc) is 2.68. The Morgan fingerprint density at radius 3 is 1.50 bits per heavy atom. The molecule has 0 amide bonds. The molecule has 162 valence electrons. The van der Waals surface area contributed by atoms with Crippen LogP contribution in [0.25, 0.3) is 21.8 Å². The Morgan fingerprint density at radius 2 is 1.10 bits per heavy atom. The smallest absolute Gasteiger partial charge is 0.121 e. The summed E-state index contributed by atoms with van der Waals surface area (Å²) in [5.74, 6) is 1.68. The summed E-state index contributed by atoms with van der Waals surface area (Å²) in [6.45, 7) is 14.1. The van der Waals surface area contributed by atoms with Crippen LogP contribution in [-0.4, -0.2) is 42.4 Å². The van der Waals surface area contributed by atoms with Gasteiger partial charge in [-0.15, -0.1) is 0 Å². The summed E-state index contributed by atoms with van der Waals surface area (Å²) in [4.78, 5) is 4.86. The molecule has 5 heteroatoms. The fourth-order valence-electron chi connectivity index (χ4n) is 3.64. The molecule has 0 aliphatic carbocycles. The molecular weight excluding hydrogens is 374 g/mol. The van der Waals surface area contributed by atoms with Crippen LogP contribution in [0, 0.1) is 0 Å². The SMILES string of the molecule is CC(C)NC(C)COc1ccc2cc3ccc(OCC(C)NC(C)C)cc3nc2c1. The lowest BCUT2D eigenvalue weighted by molar-refractivity contribution is 0.266. The van der Waals surface area contributed by atoms with Gasteiger partial charge in [-0.3, -0.25) is 0 Å². The minimum absolute atomic E-state index is 0.289. The Kier molecular flexibility index (Phi) is 7.51. The van der Waals surface area contributed by atoms with Gasteiger partial charge in [-0.25, -0.2) is 4.98 Å². The molecule has 1 heterocycles. The Balaban J connectivity index is 1.73. The molecule has 2 unspecified atom stereocenters. The topological polar surface area (TPSA) is 55.4 Å². The number of rotatable bonds is 10. The Hall–Kier alpha value is -2.37. The fraction of sp³-hybridized carbons (Fsp3) is 0.480. The monoisotopic (exact) mass is 409 g/mol. The van der Waals surface area contributed by atoms with Crippen molar-refractivity contribution in [2.24, 2.45) is 0 Å². The molecule has 2 N–H and O–H groups in total. The Bertz CT molecular complexity index is 896. The molecule has 0 bridgehead atoms. The Morgan fingerprint density at radius 1 is 0.667 bits per heavy atom. The van der Waals surface area contributed by atoms with Gasteiger partial charge >= 0.3 is 0 Å². The lowest BCUT2D eigenvalue weighted by Gasteiger charge is -2.18. The van der Waals surface area contributed by atoms with E-state index >= 15 is 0 Å². The van der Waals surface area contributed by atoms with Gasteiger partial charge in [0.1, 0.15) is 24.7 Å². The van der Waals surface area contributed by atoms with Crippen molar-refractivity contribution in [1.82, 2.24) is 15.6 Å². The molecule has 0 saturated heterocycles. The van der Waals surface area contributed by atoms with E-state index in [1.165, 1.54) is 0 Å². The third-order valence-corrected chi connectivity index (χ3v) is 4.79. The maximum Gasteiger partial charge on any atom is 0.121 e. The van der Waals surface area contributed by atoms with Gasteiger partial charge in [-0.2, -0.15) is 0 Å². The van der Waals surface area contributed by atoms with E-state index in [1.54, 1.807) is 0 Å². The summed E-state index contributed by atoms with van der Waals surface area (Å²) in [6, 6.07) is 15.8. The average molecular weight is 410 g/mol. The number of aromatic nitrogens is 1. The van der Waals surface area contributed by atoms with Gasteiger partial charge in [0, 0.05) is 47.1 Å². The number of hydrogen-bond acceptors (Lipinski definition) is 5. The second-order valence-corrected chi connectivity index (χ2v) is 8.76. The predicted molar refractivity (Wildman–Crippen MR) is 126 cm³/mol. The largest absolute Gasteiger partial charge is 0.492 e. The maximum absolute atomic E-state index is 5.97. The standard InChI is InChI=1S/C25H35N3O2/c1-16(2)26-18(5)14-29-22-9-7-20-11-21-8-10-23(13-25(21)28-24(20)12-22)30-15-19(6)27-17(3)4/h7-13,16-19,26-27H,14-15H2,1-6H3. The van der Waals surface area contributed by atoms with Crippen molar-refractivity contribution in [2.75, 3.05) is 13.2 Å². The van der Waals surface area contributed by atoms with Crippen molar-refractivity contribution in [1.29, 1.82) is 0 Å². The summed E-state index contributed by atoms with van der Waals surface area (Å²) in [7, 11) is 0. The highest BCUT2D eigenvalue weighted by molar-refractivity contribution is 5.93. The molecule has 0 saturated carbocycles. The number of nitrogens with zero attached hydrogens (tertiary/aromatic N) is 1. The zero-order valence-corrected chi connectivity index (χ0v) is 19.0. The van der Waals surface area contributed by atoms with Crippen molar-refractivity contribution in [3.8, 4) is 11.5 Å². The van der Waals surface area contributed by atoms with Gasteiger partial charge < -0.3 is 20.1 Å². The molecule has 0 fully saturated rings. The van der Waals surface area contributed by atoms with Crippen LogP contribution in [0.15, 0.2) is 42.5 Å². The normalized spacial score (nSPS) is 13.9. The molecule has 2 aromatic carbocycles. The van der Waals surface area contributed by atoms with E-state index in [2.05, 4.69) is 70.4 Å². The number of benzene rings is 2. The van der Waals surface area contributed by atoms with Crippen LogP contribution >= 0.6 is 0 Å². The molecule has 0 spiro atoms. The van der Waals surface area contributed by atoms with E-state index in [0.29, 0.717) is 25.3 Å². The summed E-state index contributed by atoms with van der Waals surface area (Å²) in [5.41, 5.74) is 1.85. The van der Waals surface area contributed by atoms with Gasteiger partial charge in [0.05, 0.1) is 11.0 Å². The van der Waals surface area contributed by atoms with Crippen LogP contribution in [0.5, 0.6) is 11.5 Å². The number of nitrogens with one attached hydrogen (secondary N) is 2. The lowest BCUT2D eigenvalue weighted by atomic mass is 10.1. The van der Waals surface area contributed by atoms with E-state index in [0.717, 1.165) is 33.3 Å². The van der Waals surface area contributed by atoms with E-state index < -0.39 is 0 Å². The number of ether oxygens (including phenoxy) is 2. The quantitative estimate of drug-likeness (QED) is 0.466. The van der Waals surface area contributed by atoms with E-state index in [-0.39, 0.29) is 12.1 Å². The van der Waals surface area contributed by atoms with Crippen LogP contribution in [0.3, 0.4) is 0 Å². The summed E-state index contributed by atoms with van der Waals surface area (Å²) >= 11 is 0. The van der Waals surface area contributed by atoms with Crippen molar-refractivity contribution in [3.05, 3.63) is 42.5 Å². The van der Waals surface area contributed by atoms with Crippen molar-refractivity contribution < 1.29 is 9.47 Å². The van der Waals surface area contributed by atoms with Crippen molar-refractivity contribution >= 4 is 21.8 Å². The molecule has 0 radical (unpaired) electrons. The fourth-order valence-corrected chi connectivity index (χ4v) is 3.64. The molecule has 3 aromatic rings. The van der Waals surface area contributed by atoms with Gasteiger partial charge in [0.25, 0.3) is 0 Å². The highest BCUT2D eigenvalue weighted by Crippen LogP contribution is 2.26. The minimum Gasteiger partial charge on any atom is -0.492 e. The first kappa shape index (κ1) is 22.3. The molecule has 3 rings (SSSR count). The second-order valence-electron chi connectivity index (χ2n) is 8.76. The zero-order valence-electron chi connectivity index (χ0n) is 19.0. The van der Waals surface area contributed by atoms with E-state index in [9.17, 15) is 0 Å². The Labute approximate surface area is 180 Å². The lowest BCUT2D eigenvalue weighted by Crippen LogP contribution is -2.36. The van der Waals surface area contributed by atoms with E-state index in [1.807, 2.05) is 24.3 Å². The maximum atomic E-state index is 5.97. The first-order chi connectivity index (χ1) is 14.3. The predicted octanol–water partition coefficient (Wildman–Crippen LogP) is 4.92. The van der Waals surface area contributed by atoms with Gasteiger partial charge in [0.15, 0.2) is 0 Å². The molecule has 0 aliphatic rings. The summed E-state index contributed by atoms with van der Waals surface area (Å²) in [5, 5.41) is 9.11. The number of pyridine rings is 1.